The molecular formula is C25H28FN3O4S2. The topological polar surface area (TPSA) is 83.7 Å². The molecule has 0 saturated carbocycles. The number of hydrogen-bond acceptors (Lipinski definition) is 6. The van der Waals surface area contributed by atoms with Gasteiger partial charge in [0.1, 0.15) is 11.9 Å². The number of carbonyl (C=O) groups excluding carboxylic acids is 2. The average molecular weight is 518 g/mol. The van der Waals surface area contributed by atoms with Crippen molar-refractivity contribution in [1.82, 2.24) is 15.2 Å². The van der Waals surface area contributed by atoms with E-state index in [1.54, 1.807) is 35.7 Å². The first kappa shape index (κ1) is 25.4. The number of aromatic nitrogens is 1. The molecule has 0 bridgehead atoms. The maximum absolute atomic E-state index is 14.1. The normalized spacial score (nSPS) is 13.9. The molecule has 186 valence electrons. The number of carbonyl (C=O) groups is 2. The highest BCUT2D eigenvalue weighted by Gasteiger charge is 2.23. The van der Waals surface area contributed by atoms with Gasteiger partial charge < -0.3 is 24.7 Å². The standard InChI is InChI=1S/C25H28FN3O4S2/c1-29(25(31)33-18(13-32-2)14-35-34-3)12-15-4-6-16(7-5-15)23-19-8-9-27-24(30)20-10-17(26)11-21(28-23)22(19)20/h4-7,10-11,18,28H,8-9,12-14H2,1-3H3,(H,27,30)/t18-/m0/s1. The van der Waals surface area contributed by atoms with Crippen LogP contribution in [0.3, 0.4) is 0 Å². The van der Waals surface area contributed by atoms with E-state index >= 15 is 0 Å². The van der Waals surface area contributed by atoms with Crippen molar-refractivity contribution in [2.45, 2.75) is 19.1 Å². The SMILES string of the molecule is COC[C@@H](CSSC)OC(=O)N(C)Cc1ccc(-c2[nH]c3cc(F)cc4c3c2CCNC4=O)cc1. The van der Waals surface area contributed by atoms with Gasteiger partial charge in [0.25, 0.3) is 5.91 Å². The van der Waals surface area contributed by atoms with Crippen molar-refractivity contribution in [2.24, 2.45) is 0 Å². The zero-order valence-corrected chi connectivity index (χ0v) is 21.5. The van der Waals surface area contributed by atoms with Gasteiger partial charge in [0.15, 0.2) is 0 Å². The predicted molar refractivity (Wildman–Crippen MR) is 139 cm³/mol. The first-order chi connectivity index (χ1) is 16.9. The Morgan fingerprint density at radius 2 is 2.03 bits per heavy atom. The average Bonchev–Trinajstić information content (AvgIpc) is 3.11. The van der Waals surface area contributed by atoms with Gasteiger partial charge in [-0.25, -0.2) is 9.18 Å². The summed E-state index contributed by atoms with van der Waals surface area (Å²) in [6, 6.07) is 10.6. The van der Waals surface area contributed by atoms with Crippen LogP contribution in [0.5, 0.6) is 0 Å². The summed E-state index contributed by atoms with van der Waals surface area (Å²) in [5.41, 5.74) is 4.71. The van der Waals surface area contributed by atoms with Crippen molar-refractivity contribution in [3.63, 3.8) is 0 Å². The molecule has 2 N–H and O–H groups in total. The minimum absolute atomic E-state index is 0.260. The predicted octanol–water partition coefficient (Wildman–Crippen LogP) is 4.85. The number of halogens is 1. The number of hydrogen-bond donors (Lipinski definition) is 2. The molecule has 35 heavy (non-hydrogen) atoms. The summed E-state index contributed by atoms with van der Waals surface area (Å²) in [7, 11) is 6.53. The molecule has 0 fully saturated rings. The number of H-pyrrole nitrogens is 1. The van der Waals surface area contributed by atoms with Gasteiger partial charge in [0, 0.05) is 49.6 Å². The lowest BCUT2D eigenvalue weighted by atomic mass is 9.99. The summed E-state index contributed by atoms with van der Waals surface area (Å²) in [6.07, 6.45) is 1.91. The highest BCUT2D eigenvalue weighted by Crippen LogP contribution is 2.35. The van der Waals surface area contributed by atoms with Crippen LogP contribution in [0.1, 0.15) is 21.5 Å². The molecule has 4 rings (SSSR count). The molecule has 2 aromatic carbocycles. The van der Waals surface area contributed by atoms with Crippen LogP contribution in [0.15, 0.2) is 36.4 Å². The molecule has 10 heteroatoms. The molecule has 0 unspecified atom stereocenters. The molecule has 0 saturated heterocycles. The second kappa shape index (κ2) is 11.4. The summed E-state index contributed by atoms with van der Waals surface area (Å²) in [5, 5.41) is 3.61. The zero-order chi connectivity index (χ0) is 24.9. The van der Waals surface area contributed by atoms with Crippen molar-refractivity contribution in [2.75, 3.05) is 39.3 Å². The number of ether oxygens (including phenoxy) is 2. The molecule has 2 heterocycles. The fourth-order valence-electron chi connectivity index (χ4n) is 4.23. The quantitative estimate of drug-likeness (QED) is 0.395. The van der Waals surface area contributed by atoms with Gasteiger partial charge in [-0.3, -0.25) is 4.79 Å². The molecule has 3 aromatic rings. The van der Waals surface area contributed by atoms with E-state index in [1.807, 2.05) is 30.5 Å². The Morgan fingerprint density at radius 1 is 1.26 bits per heavy atom. The fourth-order valence-corrected chi connectivity index (χ4v) is 5.55. The summed E-state index contributed by atoms with van der Waals surface area (Å²) in [6.45, 7) is 1.23. The maximum Gasteiger partial charge on any atom is 0.410 e. The van der Waals surface area contributed by atoms with E-state index in [9.17, 15) is 14.0 Å². The Balaban J connectivity index is 1.50. The summed E-state index contributed by atoms with van der Waals surface area (Å²) in [4.78, 5) is 29.8. The maximum atomic E-state index is 14.1. The van der Waals surface area contributed by atoms with Crippen LogP contribution in [0.4, 0.5) is 9.18 Å². The van der Waals surface area contributed by atoms with E-state index in [1.165, 1.54) is 17.0 Å². The van der Waals surface area contributed by atoms with E-state index in [-0.39, 0.29) is 12.0 Å². The molecule has 1 aliphatic heterocycles. The van der Waals surface area contributed by atoms with Crippen molar-refractivity contribution >= 4 is 44.5 Å². The van der Waals surface area contributed by atoms with Crippen LogP contribution < -0.4 is 5.32 Å². The zero-order valence-electron chi connectivity index (χ0n) is 19.9. The van der Waals surface area contributed by atoms with Crippen molar-refractivity contribution in [3.05, 3.63) is 58.9 Å². The molecular weight excluding hydrogens is 489 g/mol. The van der Waals surface area contributed by atoms with Gasteiger partial charge in [-0.15, -0.1) is 0 Å². The molecule has 1 aromatic heterocycles. The Hall–Kier alpha value is -2.69. The first-order valence-electron chi connectivity index (χ1n) is 11.2. The highest BCUT2D eigenvalue weighted by atomic mass is 33.1. The smallest absolute Gasteiger partial charge is 0.410 e. The lowest BCUT2D eigenvalue weighted by Crippen LogP contribution is -2.33. The molecule has 2 amide bonds. The van der Waals surface area contributed by atoms with Crippen molar-refractivity contribution < 1.29 is 23.5 Å². The van der Waals surface area contributed by atoms with Crippen molar-refractivity contribution in [3.8, 4) is 11.3 Å². The third kappa shape index (κ3) is 5.76. The van der Waals surface area contributed by atoms with Crippen molar-refractivity contribution in [1.29, 1.82) is 0 Å². The Bertz CT molecular complexity index is 1220. The number of nitrogens with one attached hydrogen (secondary N) is 2. The number of methoxy groups -OCH3 is 1. The van der Waals surface area contributed by atoms with Crippen LogP contribution in [0.2, 0.25) is 0 Å². The summed E-state index contributed by atoms with van der Waals surface area (Å²) < 4.78 is 24.9. The lowest BCUT2D eigenvalue weighted by Gasteiger charge is -2.22. The third-order valence-electron chi connectivity index (χ3n) is 5.84. The minimum Gasteiger partial charge on any atom is -0.443 e. The Morgan fingerprint density at radius 3 is 2.74 bits per heavy atom. The first-order valence-corrected chi connectivity index (χ1v) is 13.9. The van der Waals surface area contributed by atoms with E-state index in [0.717, 1.165) is 27.8 Å². The number of rotatable bonds is 9. The number of aromatic amines is 1. The van der Waals surface area contributed by atoms with E-state index in [0.29, 0.717) is 43.0 Å². The van der Waals surface area contributed by atoms with Crippen LogP contribution in [0, 0.1) is 5.82 Å². The Labute approximate surface area is 211 Å². The number of amides is 2. The van der Waals surface area contributed by atoms with Gasteiger partial charge >= 0.3 is 6.09 Å². The Kier molecular flexibility index (Phi) is 8.25. The van der Waals surface area contributed by atoms with E-state index in [2.05, 4.69) is 10.3 Å². The lowest BCUT2D eigenvalue weighted by molar-refractivity contribution is 0.0335. The third-order valence-corrected chi connectivity index (χ3v) is 7.70. The highest BCUT2D eigenvalue weighted by molar-refractivity contribution is 8.76. The monoisotopic (exact) mass is 517 g/mol. The van der Waals surface area contributed by atoms with Crippen LogP contribution in [-0.4, -0.2) is 67.3 Å². The largest absolute Gasteiger partial charge is 0.443 e. The molecule has 0 spiro atoms. The van der Waals surface area contributed by atoms with Gasteiger partial charge in [0.05, 0.1) is 12.2 Å². The minimum atomic E-state index is -0.450. The van der Waals surface area contributed by atoms with E-state index in [4.69, 9.17) is 9.47 Å². The molecule has 1 aliphatic rings. The van der Waals surface area contributed by atoms with Crippen LogP contribution >= 0.6 is 21.6 Å². The second-order valence-electron chi connectivity index (χ2n) is 8.33. The number of benzene rings is 2. The van der Waals surface area contributed by atoms with Gasteiger partial charge in [-0.2, -0.15) is 0 Å². The van der Waals surface area contributed by atoms with Gasteiger partial charge in [-0.1, -0.05) is 45.9 Å². The molecule has 1 atom stereocenters. The number of nitrogens with zero attached hydrogens (tertiary/aromatic N) is 1. The summed E-state index contributed by atoms with van der Waals surface area (Å²) >= 11 is 0. The fraction of sp³-hybridized carbons (Fsp3) is 0.360. The molecule has 0 radical (unpaired) electrons. The van der Waals surface area contributed by atoms with Crippen LogP contribution in [-0.2, 0) is 22.4 Å². The molecule has 7 nitrogen and oxygen atoms in total. The van der Waals surface area contributed by atoms with Gasteiger partial charge in [-0.05, 0) is 41.5 Å². The van der Waals surface area contributed by atoms with Crippen LogP contribution in [0.25, 0.3) is 22.2 Å². The van der Waals surface area contributed by atoms with Gasteiger partial charge in [0.2, 0.25) is 0 Å². The summed E-state index contributed by atoms with van der Waals surface area (Å²) in [5.74, 6) is -0.0548. The van der Waals surface area contributed by atoms with E-state index < -0.39 is 11.9 Å². The molecule has 0 aliphatic carbocycles. The second-order valence-corrected chi connectivity index (χ2v) is 10.9.